The zero-order valence-corrected chi connectivity index (χ0v) is 16.8. The Morgan fingerprint density at radius 1 is 0.897 bits per heavy atom. The van der Waals surface area contributed by atoms with E-state index in [1.54, 1.807) is 12.1 Å². The minimum atomic E-state index is -0.562. The highest BCUT2D eigenvalue weighted by Gasteiger charge is 2.14. The summed E-state index contributed by atoms with van der Waals surface area (Å²) >= 11 is 3.40. The average Bonchev–Trinajstić information content (AvgIpc) is 2.91. The molecule has 0 saturated carbocycles. The van der Waals surface area contributed by atoms with Crippen LogP contribution in [0.15, 0.2) is 95.2 Å². The standard InChI is InChI=1S/C25H21BrN2O/c1-29-24-16-22(27)23(15-21(24)26)28-25-19(17-9-4-2-5-10-17)13-8-14-20(25)18-11-6-3-7-12-18/h2-16,28H,27H2,1H3/i2D,3D,4D,5D,6D,7D,9D,10D,11D,12D. The highest BCUT2D eigenvalue weighted by molar-refractivity contribution is 9.10. The predicted octanol–water partition coefficient (Wildman–Crippen LogP) is 7.12. The number of nitrogens with two attached hydrogens (primary N) is 1. The van der Waals surface area contributed by atoms with Gasteiger partial charge in [-0.15, -0.1) is 0 Å². The topological polar surface area (TPSA) is 47.3 Å². The molecule has 4 rings (SSSR count). The molecule has 0 heterocycles. The minimum absolute atomic E-state index is 0.123. The second kappa shape index (κ2) is 8.41. The number of rotatable bonds is 5. The van der Waals surface area contributed by atoms with Crippen LogP contribution in [0, 0.1) is 0 Å². The summed E-state index contributed by atoms with van der Waals surface area (Å²) in [6.45, 7) is 0. The van der Waals surface area contributed by atoms with E-state index in [-0.39, 0.29) is 33.6 Å². The lowest BCUT2D eigenvalue weighted by atomic mass is 9.95. The van der Waals surface area contributed by atoms with E-state index in [4.69, 9.17) is 24.2 Å². The van der Waals surface area contributed by atoms with Crippen LogP contribution in [0.5, 0.6) is 5.75 Å². The minimum Gasteiger partial charge on any atom is -0.495 e. The second-order valence-electron chi connectivity index (χ2n) is 5.93. The van der Waals surface area contributed by atoms with Crippen molar-refractivity contribution >= 4 is 33.0 Å². The number of para-hydroxylation sites is 1. The number of anilines is 3. The molecule has 0 aliphatic carbocycles. The first-order valence-electron chi connectivity index (χ1n) is 13.5. The highest BCUT2D eigenvalue weighted by Crippen LogP contribution is 2.41. The number of hydrogen-bond acceptors (Lipinski definition) is 3. The fourth-order valence-corrected chi connectivity index (χ4v) is 3.35. The van der Waals surface area contributed by atoms with E-state index in [2.05, 4.69) is 21.2 Å². The summed E-state index contributed by atoms with van der Waals surface area (Å²) in [5.41, 5.74) is 6.97. The summed E-state index contributed by atoms with van der Waals surface area (Å²) in [4.78, 5) is 0. The monoisotopic (exact) mass is 454 g/mol. The number of methoxy groups -OCH3 is 1. The molecule has 0 saturated heterocycles. The molecule has 0 aromatic heterocycles. The summed E-state index contributed by atoms with van der Waals surface area (Å²) < 4.78 is 88.5. The van der Waals surface area contributed by atoms with E-state index in [1.165, 1.54) is 25.3 Å². The van der Waals surface area contributed by atoms with Gasteiger partial charge in [0.25, 0.3) is 0 Å². The number of benzene rings is 4. The van der Waals surface area contributed by atoms with Gasteiger partial charge in [-0.2, -0.15) is 0 Å². The lowest BCUT2D eigenvalue weighted by Gasteiger charge is -2.19. The van der Waals surface area contributed by atoms with Gasteiger partial charge < -0.3 is 15.8 Å². The molecule has 3 nitrogen and oxygen atoms in total. The third kappa shape index (κ3) is 3.98. The first kappa shape index (κ1) is 10.5. The zero-order valence-electron chi connectivity index (χ0n) is 25.3. The van der Waals surface area contributed by atoms with Crippen LogP contribution < -0.4 is 15.8 Å². The van der Waals surface area contributed by atoms with Crippen LogP contribution in [0.2, 0.25) is 0 Å². The fraction of sp³-hybridized carbons (Fsp3) is 0.0400. The molecule has 144 valence electrons. The van der Waals surface area contributed by atoms with Crippen LogP contribution in [-0.2, 0) is 0 Å². The SMILES string of the molecule is [2H]c1c([2H])c([2H])c(-c2cccc(-c3c([2H])c([2H])c([2H])c([2H])c3[2H])c2Nc2cc(Br)c(OC)cc2N)c([2H])c1[2H]. The van der Waals surface area contributed by atoms with Gasteiger partial charge in [0.05, 0.1) is 42.4 Å². The van der Waals surface area contributed by atoms with Crippen LogP contribution in [0.1, 0.15) is 13.7 Å². The number of halogens is 1. The Hall–Kier alpha value is -3.24. The third-order valence-electron chi connectivity index (χ3n) is 4.19. The maximum absolute atomic E-state index is 8.53. The molecule has 0 unspecified atom stereocenters. The van der Waals surface area contributed by atoms with E-state index >= 15 is 0 Å². The number of nitrogens with one attached hydrogen (secondary N) is 1. The van der Waals surface area contributed by atoms with Crippen molar-refractivity contribution in [1.29, 1.82) is 0 Å². The fourth-order valence-electron chi connectivity index (χ4n) is 2.84. The Morgan fingerprint density at radius 3 is 1.97 bits per heavy atom. The van der Waals surface area contributed by atoms with Crippen molar-refractivity contribution in [2.45, 2.75) is 0 Å². The van der Waals surface area contributed by atoms with Crippen molar-refractivity contribution in [3.05, 3.63) is 95.2 Å². The van der Waals surface area contributed by atoms with Crippen molar-refractivity contribution in [2.75, 3.05) is 18.2 Å². The van der Waals surface area contributed by atoms with E-state index in [9.17, 15) is 0 Å². The maximum atomic E-state index is 8.53. The Balaban J connectivity index is 2.14. The van der Waals surface area contributed by atoms with Gasteiger partial charge >= 0.3 is 0 Å². The van der Waals surface area contributed by atoms with Gasteiger partial charge in [-0.05, 0) is 33.1 Å². The Kier molecular flexibility index (Phi) is 3.05. The second-order valence-corrected chi connectivity index (χ2v) is 6.78. The quantitative estimate of drug-likeness (QED) is 0.315. The maximum Gasteiger partial charge on any atom is 0.135 e. The lowest BCUT2D eigenvalue weighted by molar-refractivity contribution is 0.412. The van der Waals surface area contributed by atoms with Crippen molar-refractivity contribution in [3.63, 3.8) is 0 Å². The van der Waals surface area contributed by atoms with E-state index in [1.807, 2.05) is 0 Å². The lowest BCUT2D eigenvalue weighted by Crippen LogP contribution is -2.01. The molecule has 0 aliphatic rings. The predicted molar refractivity (Wildman–Crippen MR) is 126 cm³/mol. The largest absolute Gasteiger partial charge is 0.495 e. The first-order chi connectivity index (χ1) is 18.3. The van der Waals surface area contributed by atoms with Gasteiger partial charge in [0.15, 0.2) is 0 Å². The summed E-state index contributed by atoms with van der Waals surface area (Å²) in [7, 11) is 1.47. The molecule has 4 aromatic rings. The molecule has 4 aromatic carbocycles. The molecule has 0 aliphatic heterocycles. The summed E-state index contributed by atoms with van der Waals surface area (Å²) in [5, 5.41) is 3.13. The van der Waals surface area contributed by atoms with Crippen LogP contribution >= 0.6 is 15.9 Å². The number of ether oxygens (including phenoxy) is 1. The molecular formula is C25H21BrN2O. The summed E-state index contributed by atoms with van der Waals surface area (Å²) in [6.07, 6.45) is 0. The van der Waals surface area contributed by atoms with Gasteiger partial charge in [-0.25, -0.2) is 0 Å². The normalized spacial score (nSPS) is 15.4. The van der Waals surface area contributed by atoms with Crippen molar-refractivity contribution in [1.82, 2.24) is 0 Å². The van der Waals surface area contributed by atoms with Crippen LogP contribution in [0.25, 0.3) is 22.3 Å². The molecule has 29 heavy (non-hydrogen) atoms. The van der Waals surface area contributed by atoms with Gasteiger partial charge in [-0.3, -0.25) is 0 Å². The molecule has 0 bridgehead atoms. The molecule has 0 atom stereocenters. The molecule has 0 radical (unpaired) electrons. The molecule has 0 spiro atoms. The number of nitrogen functional groups attached to an aromatic ring is 1. The summed E-state index contributed by atoms with van der Waals surface area (Å²) in [5.74, 6) is 0.447. The van der Waals surface area contributed by atoms with Crippen molar-refractivity contribution < 1.29 is 18.4 Å². The van der Waals surface area contributed by atoms with Crippen molar-refractivity contribution in [2.24, 2.45) is 0 Å². The zero-order chi connectivity index (χ0) is 28.9. The van der Waals surface area contributed by atoms with Crippen molar-refractivity contribution in [3.8, 4) is 28.0 Å². The molecule has 0 amide bonds. The van der Waals surface area contributed by atoms with Crippen LogP contribution in [-0.4, -0.2) is 7.11 Å². The molecule has 3 N–H and O–H groups in total. The van der Waals surface area contributed by atoms with Gasteiger partial charge in [0.2, 0.25) is 0 Å². The van der Waals surface area contributed by atoms with E-state index in [0.717, 1.165) is 0 Å². The molecular weight excluding hydrogens is 424 g/mol. The van der Waals surface area contributed by atoms with Gasteiger partial charge in [0.1, 0.15) is 5.75 Å². The summed E-state index contributed by atoms with van der Waals surface area (Å²) in [6, 6.07) is 2.54. The van der Waals surface area contributed by atoms with E-state index in [0.29, 0.717) is 15.9 Å². The average molecular weight is 455 g/mol. The molecule has 0 fully saturated rings. The van der Waals surface area contributed by atoms with Gasteiger partial charge in [0, 0.05) is 17.2 Å². The first-order valence-corrected chi connectivity index (χ1v) is 9.28. The van der Waals surface area contributed by atoms with Crippen LogP contribution in [0.4, 0.5) is 17.1 Å². The Bertz CT molecular complexity index is 1520. The Labute approximate surface area is 193 Å². The smallest absolute Gasteiger partial charge is 0.135 e. The highest BCUT2D eigenvalue weighted by atomic mass is 79.9. The van der Waals surface area contributed by atoms with Crippen LogP contribution in [0.3, 0.4) is 0 Å². The van der Waals surface area contributed by atoms with Gasteiger partial charge in [-0.1, -0.05) is 78.6 Å². The van der Waals surface area contributed by atoms with E-state index < -0.39 is 60.4 Å². The number of hydrogen-bond donors (Lipinski definition) is 2. The Morgan fingerprint density at radius 2 is 1.45 bits per heavy atom. The third-order valence-corrected chi connectivity index (χ3v) is 4.81. The molecule has 4 heteroatoms.